The number of nitrogens with zero attached hydrogens (tertiary/aromatic N) is 1. The molecule has 0 spiro atoms. The van der Waals surface area contributed by atoms with Crippen LogP contribution >= 0.6 is 0 Å². The van der Waals surface area contributed by atoms with Crippen LogP contribution in [0.4, 0.5) is 10.5 Å². The van der Waals surface area contributed by atoms with Crippen molar-refractivity contribution in [2.45, 2.75) is 75.2 Å². The summed E-state index contributed by atoms with van der Waals surface area (Å²) in [5.74, 6) is 0.791. The monoisotopic (exact) mass is 473 g/mol. The fourth-order valence-corrected chi connectivity index (χ4v) is 5.70. The van der Waals surface area contributed by atoms with E-state index < -0.39 is 6.10 Å². The maximum atomic E-state index is 12.8. The van der Waals surface area contributed by atoms with Crippen molar-refractivity contribution in [2.75, 3.05) is 38.2 Å². The quantitative estimate of drug-likeness (QED) is 0.606. The summed E-state index contributed by atoms with van der Waals surface area (Å²) in [7, 11) is 0. The molecule has 9 nitrogen and oxygen atoms in total. The molecule has 34 heavy (non-hydrogen) atoms. The molecule has 1 aromatic carbocycles. The lowest BCUT2D eigenvalue weighted by Crippen LogP contribution is -2.48. The van der Waals surface area contributed by atoms with Gasteiger partial charge in [0, 0.05) is 36.3 Å². The summed E-state index contributed by atoms with van der Waals surface area (Å²) in [4.78, 5) is 27.1. The number of benzene rings is 1. The Morgan fingerprint density at radius 3 is 2.68 bits per heavy atom. The minimum atomic E-state index is -0.500. The van der Waals surface area contributed by atoms with E-state index in [2.05, 4.69) is 10.6 Å². The molecule has 9 heteroatoms. The fraction of sp³-hybridized carbons (Fsp3) is 0.680. The average Bonchev–Trinajstić information content (AvgIpc) is 3.22. The molecular weight excluding hydrogens is 438 g/mol. The molecule has 4 aliphatic rings. The van der Waals surface area contributed by atoms with E-state index in [-0.39, 0.29) is 49.1 Å². The zero-order chi connectivity index (χ0) is 23.5. The van der Waals surface area contributed by atoms with Crippen molar-refractivity contribution in [3.63, 3.8) is 0 Å². The van der Waals surface area contributed by atoms with Crippen LogP contribution in [0.2, 0.25) is 0 Å². The molecule has 3 heterocycles. The van der Waals surface area contributed by atoms with Gasteiger partial charge in [0.1, 0.15) is 18.0 Å². The van der Waals surface area contributed by atoms with Crippen LogP contribution in [0.1, 0.15) is 56.4 Å². The molecule has 3 amide bonds. The molecule has 1 aliphatic carbocycles. The summed E-state index contributed by atoms with van der Waals surface area (Å²) in [5, 5.41) is 16.0. The van der Waals surface area contributed by atoms with Crippen LogP contribution in [-0.4, -0.2) is 79.2 Å². The number of carbonyl (C=O) groups is 2. The molecule has 4 atom stereocenters. The predicted octanol–water partition coefficient (Wildman–Crippen LogP) is 2.38. The van der Waals surface area contributed by atoms with Crippen LogP contribution in [0.3, 0.4) is 0 Å². The number of aliphatic hydroxyl groups excluding tert-OH is 1. The number of amides is 3. The van der Waals surface area contributed by atoms with Crippen molar-refractivity contribution in [1.29, 1.82) is 0 Å². The van der Waals surface area contributed by atoms with E-state index in [9.17, 15) is 14.7 Å². The topological polar surface area (TPSA) is 109 Å². The van der Waals surface area contributed by atoms with E-state index in [0.717, 1.165) is 37.0 Å². The SMILES string of the molecule is O=C(Nc1ccc2c(c1)[C@H]1C[C@H](CC(=O)N3CCOCC3)O[C@@H](CO)[C@H]1O2)NC1CCCCC1. The maximum Gasteiger partial charge on any atom is 0.319 e. The molecule has 2 saturated heterocycles. The predicted molar refractivity (Wildman–Crippen MR) is 125 cm³/mol. The Morgan fingerprint density at radius 1 is 1.12 bits per heavy atom. The van der Waals surface area contributed by atoms with Gasteiger partial charge in [-0.15, -0.1) is 0 Å². The smallest absolute Gasteiger partial charge is 0.319 e. The molecule has 186 valence electrons. The minimum Gasteiger partial charge on any atom is -0.487 e. The number of rotatable bonds is 5. The second kappa shape index (κ2) is 10.5. The van der Waals surface area contributed by atoms with E-state index in [1.54, 1.807) is 0 Å². The Kier molecular flexibility index (Phi) is 7.22. The Labute approximate surface area is 200 Å². The molecule has 3 N–H and O–H groups in total. The first kappa shape index (κ1) is 23.4. The third kappa shape index (κ3) is 5.16. The highest BCUT2D eigenvalue weighted by molar-refractivity contribution is 5.89. The van der Waals surface area contributed by atoms with E-state index in [1.807, 2.05) is 23.1 Å². The second-order valence-corrected chi connectivity index (χ2v) is 9.79. The van der Waals surface area contributed by atoms with Crippen LogP contribution in [0, 0.1) is 0 Å². The first-order valence-electron chi connectivity index (χ1n) is 12.6. The van der Waals surface area contributed by atoms with Crippen LogP contribution in [0.5, 0.6) is 5.75 Å². The zero-order valence-corrected chi connectivity index (χ0v) is 19.5. The van der Waals surface area contributed by atoms with Crippen LogP contribution < -0.4 is 15.4 Å². The van der Waals surface area contributed by atoms with Crippen LogP contribution in [-0.2, 0) is 14.3 Å². The summed E-state index contributed by atoms with van der Waals surface area (Å²) in [6.07, 6.45) is 5.42. The molecule has 1 saturated carbocycles. The molecule has 0 unspecified atom stereocenters. The number of carbonyl (C=O) groups excluding carboxylic acids is 2. The summed E-state index contributed by atoms with van der Waals surface area (Å²) in [5.41, 5.74) is 1.70. The van der Waals surface area contributed by atoms with Crippen molar-refractivity contribution in [3.05, 3.63) is 23.8 Å². The van der Waals surface area contributed by atoms with Gasteiger partial charge in [0.25, 0.3) is 0 Å². The van der Waals surface area contributed by atoms with E-state index in [0.29, 0.717) is 38.4 Å². The fourth-order valence-electron chi connectivity index (χ4n) is 5.70. The third-order valence-electron chi connectivity index (χ3n) is 7.46. The van der Waals surface area contributed by atoms with Gasteiger partial charge >= 0.3 is 6.03 Å². The Morgan fingerprint density at radius 2 is 1.91 bits per heavy atom. The van der Waals surface area contributed by atoms with Crippen molar-refractivity contribution in [2.24, 2.45) is 0 Å². The van der Waals surface area contributed by atoms with E-state index in [4.69, 9.17) is 14.2 Å². The summed E-state index contributed by atoms with van der Waals surface area (Å²) >= 11 is 0. The number of anilines is 1. The minimum absolute atomic E-state index is 0.00783. The standard InChI is InChI=1S/C25H35N3O6/c29-15-22-24-20(13-18(33-22)14-23(30)28-8-10-32-11-9-28)19-12-17(6-7-21(19)34-24)27-25(31)26-16-4-2-1-3-5-16/h6-7,12,16,18,20,22,24,29H,1-5,8-11,13-15H2,(H2,26,27,31)/t18-,20-,22+,24+/m1/s1. The maximum absolute atomic E-state index is 12.8. The Bertz CT molecular complexity index is 883. The van der Waals surface area contributed by atoms with Crippen molar-refractivity contribution < 1.29 is 28.9 Å². The molecule has 0 aromatic heterocycles. The molecule has 1 aromatic rings. The van der Waals surface area contributed by atoms with Gasteiger partial charge in [0.2, 0.25) is 5.91 Å². The zero-order valence-electron chi connectivity index (χ0n) is 19.5. The van der Waals surface area contributed by atoms with Gasteiger partial charge in [-0.25, -0.2) is 4.79 Å². The van der Waals surface area contributed by atoms with Crippen LogP contribution in [0.25, 0.3) is 0 Å². The second-order valence-electron chi connectivity index (χ2n) is 9.79. The van der Waals surface area contributed by atoms with Gasteiger partial charge in [-0.3, -0.25) is 4.79 Å². The van der Waals surface area contributed by atoms with Crippen molar-refractivity contribution >= 4 is 17.6 Å². The summed E-state index contributed by atoms with van der Waals surface area (Å²) < 4.78 is 17.6. The van der Waals surface area contributed by atoms with Gasteiger partial charge < -0.3 is 34.9 Å². The largest absolute Gasteiger partial charge is 0.487 e. The Hall–Kier alpha value is -2.36. The molecule has 0 radical (unpaired) electrons. The number of nitrogens with one attached hydrogen (secondary N) is 2. The number of aliphatic hydroxyl groups is 1. The number of fused-ring (bicyclic) bond motifs is 3. The average molecular weight is 474 g/mol. The normalized spacial score (nSPS) is 29.0. The van der Waals surface area contributed by atoms with Crippen molar-refractivity contribution in [3.8, 4) is 5.75 Å². The number of hydrogen-bond acceptors (Lipinski definition) is 6. The molecule has 0 bridgehead atoms. The van der Waals surface area contributed by atoms with E-state index >= 15 is 0 Å². The number of ether oxygens (including phenoxy) is 3. The van der Waals surface area contributed by atoms with Gasteiger partial charge in [-0.1, -0.05) is 19.3 Å². The van der Waals surface area contributed by atoms with Crippen LogP contribution in [0.15, 0.2) is 18.2 Å². The molecule has 3 aliphatic heterocycles. The van der Waals surface area contributed by atoms with E-state index in [1.165, 1.54) is 6.42 Å². The van der Waals surface area contributed by atoms with Gasteiger partial charge in [-0.05, 0) is 37.5 Å². The highest BCUT2D eigenvalue weighted by atomic mass is 16.6. The van der Waals surface area contributed by atoms with Gasteiger partial charge in [0.05, 0.1) is 32.3 Å². The third-order valence-corrected chi connectivity index (χ3v) is 7.46. The lowest BCUT2D eigenvalue weighted by atomic mass is 9.84. The lowest BCUT2D eigenvalue weighted by molar-refractivity contribution is -0.151. The highest BCUT2D eigenvalue weighted by Gasteiger charge is 2.46. The van der Waals surface area contributed by atoms with Gasteiger partial charge in [0.15, 0.2) is 0 Å². The summed E-state index contributed by atoms with van der Waals surface area (Å²) in [6, 6.07) is 5.72. The number of hydrogen-bond donors (Lipinski definition) is 3. The first-order valence-corrected chi connectivity index (χ1v) is 12.6. The lowest BCUT2D eigenvalue weighted by Gasteiger charge is -2.38. The highest BCUT2D eigenvalue weighted by Crippen LogP contribution is 2.47. The molecule has 5 rings (SSSR count). The van der Waals surface area contributed by atoms with Crippen molar-refractivity contribution in [1.82, 2.24) is 10.2 Å². The summed E-state index contributed by atoms with van der Waals surface area (Å²) in [6.45, 7) is 2.15. The van der Waals surface area contributed by atoms with Gasteiger partial charge in [-0.2, -0.15) is 0 Å². The molecule has 3 fully saturated rings. The number of urea groups is 1. The Balaban J connectivity index is 1.25. The number of morpholine rings is 1. The molecular formula is C25H35N3O6. The first-order chi connectivity index (χ1) is 16.6.